The first-order chi connectivity index (χ1) is 7.20. The first kappa shape index (κ1) is 11.8. The summed E-state index contributed by atoms with van der Waals surface area (Å²) in [5.41, 5.74) is 0. The van der Waals surface area contributed by atoms with E-state index in [0.29, 0.717) is 17.3 Å². The molecule has 0 spiro atoms. The molecule has 1 fully saturated rings. The zero-order chi connectivity index (χ0) is 10.8. The molecule has 1 aliphatic carbocycles. The summed E-state index contributed by atoms with van der Waals surface area (Å²) >= 11 is 5.43. The van der Waals surface area contributed by atoms with Gasteiger partial charge in [-0.15, -0.1) is 0 Å². The summed E-state index contributed by atoms with van der Waals surface area (Å²) < 4.78 is 0. The third kappa shape index (κ3) is 2.70. The molecule has 1 aliphatic heterocycles. The summed E-state index contributed by atoms with van der Waals surface area (Å²) in [5.74, 6) is 0.881. The fourth-order valence-corrected chi connectivity index (χ4v) is 4.05. The minimum Gasteiger partial charge on any atom is -0.362 e. The predicted octanol–water partition coefficient (Wildman–Crippen LogP) is 3.02. The highest BCUT2D eigenvalue weighted by Gasteiger charge is 2.29. The Labute approximate surface area is 105 Å². The molecule has 2 rings (SSSR count). The lowest BCUT2D eigenvalue weighted by molar-refractivity contribution is 0.259. The normalized spacial score (nSPS) is 33.4. The van der Waals surface area contributed by atoms with Crippen LogP contribution in [0.2, 0.25) is 0 Å². The Morgan fingerprint density at radius 3 is 2.80 bits per heavy atom. The second-order valence-electron chi connectivity index (χ2n) is 4.61. The molecule has 3 atom stereocenters. The van der Waals surface area contributed by atoms with Crippen molar-refractivity contribution in [1.29, 1.82) is 0 Å². The molecule has 0 aromatic heterocycles. The molecule has 0 radical (unpaired) electrons. The van der Waals surface area contributed by atoms with Gasteiger partial charge in [0.25, 0.3) is 0 Å². The van der Waals surface area contributed by atoms with Gasteiger partial charge < -0.3 is 5.32 Å². The third-order valence-corrected chi connectivity index (χ3v) is 5.92. The van der Waals surface area contributed by atoms with Gasteiger partial charge in [-0.05, 0) is 32.6 Å². The highest BCUT2D eigenvalue weighted by atomic mass is 79.9. The number of thioether (sulfide) groups is 1. The van der Waals surface area contributed by atoms with Crippen molar-refractivity contribution in [3.05, 3.63) is 0 Å². The third-order valence-electron chi connectivity index (χ3n) is 3.48. The van der Waals surface area contributed by atoms with Crippen LogP contribution in [-0.2, 0) is 0 Å². The van der Waals surface area contributed by atoms with Crippen LogP contribution >= 0.6 is 27.7 Å². The number of rotatable bonds is 3. The van der Waals surface area contributed by atoms with E-state index in [4.69, 9.17) is 0 Å². The molecule has 3 unspecified atom stereocenters. The fourth-order valence-electron chi connectivity index (χ4n) is 2.02. The van der Waals surface area contributed by atoms with Crippen LogP contribution in [0.3, 0.4) is 0 Å². The number of nitrogens with zero attached hydrogens (tertiary/aromatic N) is 1. The van der Waals surface area contributed by atoms with Gasteiger partial charge >= 0.3 is 0 Å². The Hall–Kier alpha value is 0.300. The van der Waals surface area contributed by atoms with Gasteiger partial charge in [0.1, 0.15) is 0 Å². The second-order valence-corrected chi connectivity index (χ2v) is 6.48. The molecule has 15 heavy (non-hydrogen) atoms. The van der Waals surface area contributed by atoms with Crippen molar-refractivity contribution in [1.82, 2.24) is 5.32 Å². The van der Waals surface area contributed by atoms with Crippen LogP contribution in [0.25, 0.3) is 0 Å². The van der Waals surface area contributed by atoms with Gasteiger partial charge in [-0.2, -0.15) is 0 Å². The van der Waals surface area contributed by atoms with Gasteiger partial charge in [0.2, 0.25) is 0 Å². The number of hydrogen-bond acceptors (Lipinski definition) is 3. The largest absolute Gasteiger partial charge is 0.362 e. The van der Waals surface area contributed by atoms with E-state index in [9.17, 15) is 0 Å². The van der Waals surface area contributed by atoms with E-state index < -0.39 is 0 Å². The predicted molar refractivity (Wildman–Crippen MR) is 72.0 cm³/mol. The first-order valence-electron chi connectivity index (χ1n) is 5.77. The summed E-state index contributed by atoms with van der Waals surface area (Å²) in [5, 5.41) is 6.37. The molecule has 0 saturated heterocycles. The summed E-state index contributed by atoms with van der Waals surface area (Å²) in [6, 6.07) is 1.05. The van der Waals surface area contributed by atoms with Gasteiger partial charge in [0, 0.05) is 16.6 Å². The van der Waals surface area contributed by atoms with Crippen molar-refractivity contribution < 1.29 is 0 Å². The van der Waals surface area contributed by atoms with Crippen LogP contribution in [0, 0.1) is 5.92 Å². The molecule has 1 heterocycles. The van der Waals surface area contributed by atoms with E-state index in [1.165, 1.54) is 19.3 Å². The monoisotopic (exact) mass is 290 g/mol. The number of amidine groups is 1. The average Bonchev–Trinajstić information content (AvgIpc) is 2.42. The van der Waals surface area contributed by atoms with Crippen molar-refractivity contribution >= 4 is 32.9 Å². The molecule has 0 aromatic carbocycles. The summed E-state index contributed by atoms with van der Waals surface area (Å²) in [4.78, 5) is 4.66. The number of hydrogen-bond donors (Lipinski definition) is 1. The van der Waals surface area contributed by atoms with Crippen molar-refractivity contribution in [2.45, 2.75) is 50.4 Å². The van der Waals surface area contributed by atoms with Gasteiger partial charge in [-0.25, -0.2) is 0 Å². The molecule has 1 saturated carbocycles. The van der Waals surface area contributed by atoms with E-state index in [1.807, 2.05) is 11.8 Å². The minimum atomic E-state index is 0.450. The highest BCUT2D eigenvalue weighted by Crippen LogP contribution is 2.31. The SMILES string of the molecule is CC1N=C(NC(C)C2CCC2)SC1CBr. The van der Waals surface area contributed by atoms with Crippen molar-refractivity contribution in [2.24, 2.45) is 10.9 Å². The molecular weight excluding hydrogens is 272 g/mol. The molecule has 2 aliphatic rings. The van der Waals surface area contributed by atoms with E-state index in [0.717, 1.165) is 16.4 Å². The van der Waals surface area contributed by atoms with Gasteiger partial charge in [0.15, 0.2) is 5.17 Å². The summed E-state index contributed by atoms with van der Waals surface area (Å²) in [6.45, 7) is 4.49. The standard InChI is InChI=1S/C11H19BrN2S/c1-7(9-4-3-5-9)13-11-14-8(2)10(6-12)15-11/h7-10H,3-6H2,1-2H3,(H,13,14). The Morgan fingerprint density at radius 2 is 2.33 bits per heavy atom. The van der Waals surface area contributed by atoms with Crippen molar-refractivity contribution in [3.63, 3.8) is 0 Å². The van der Waals surface area contributed by atoms with Crippen LogP contribution in [0.4, 0.5) is 0 Å². The van der Waals surface area contributed by atoms with Crippen LogP contribution < -0.4 is 5.32 Å². The van der Waals surface area contributed by atoms with E-state index >= 15 is 0 Å². The summed E-state index contributed by atoms with van der Waals surface area (Å²) in [7, 11) is 0. The topological polar surface area (TPSA) is 24.4 Å². The second kappa shape index (κ2) is 5.09. The van der Waals surface area contributed by atoms with Gasteiger partial charge in [0.05, 0.1) is 6.04 Å². The van der Waals surface area contributed by atoms with Crippen LogP contribution in [0.15, 0.2) is 4.99 Å². The van der Waals surface area contributed by atoms with E-state index in [2.05, 4.69) is 40.1 Å². The Balaban J connectivity index is 1.82. The first-order valence-corrected chi connectivity index (χ1v) is 7.77. The lowest BCUT2D eigenvalue weighted by Crippen LogP contribution is -2.39. The smallest absolute Gasteiger partial charge is 0.157 e. The maximum absolute atomic E-state index is 4.66. The number of nitrogens with one attached hydrogen (secondary N) is 1. The molecule has 0 amide bonds. The van der Waals surface area contributed by atoms with Crippen molar-refractivity contribution in [2.75, 3.05) is 5.33 Å². The molecule has 0 aromatic rings. The van der Waals surface area contributed by atoms with Crippen molar-refractivity contribution in [3.8, 4) is 0 Å². The minimum absolute atomic E-state index is 0.450. The Bertz CT molecular complexity index is 253. The zero-order valence-electron chi connectivity index (χ0n) is 9.37. The maximum atomic E-state index is 4.66. The number of aliphatic imine (C=N–C) groups is 1. The van der Waals surface area contributed by atoms with Gasteiger partial charge in [-0.3, -0.25) is 4.99 Å². The van der Waals surface area contributed by atoms with E-state index in [-0.39, 0.29) is 0 Å². The Kier molecular flexibility index (Phi) is 3.99. The molecule has 86 valence electrons. The quantitative estimate of drug-likeness (QED) is 0.808. The zero-order valence-corrected chi connectivity index (χ0v) is 11.8. The molecule has 2 nitrogen and oxygen atoms in total. The Morgan fingerprint density at radius 1 is 1.60 bits per heavy atom. The van der Waals surface area contributed by atoms with Crippen LogP contribution in [-0.4, -0.2) is 27.8 Å². The summed E-state index contributed by atoms with van der Waals surface area (Å²) in [6.07, 6.45) is 4.20. The number of halogens is 1. The fraction of sp³-hybridized carbons (Fsp3) is 0.909. The maximum Gasteiger partial charge on any atom is 0.157 e. The molecular formula is C11H19BrN2S. The lowest BCUT2D eigenvalue weighted by atomic mass is 9.80. The molecule has 1 N–H and O–H groups in total. The van der Waals surface area contributed by atoms with E-state index in [1.54, 1.807) is 0 Å². The number of alkyl halides is 1. The lowest BCUT2D eigenvalue weighted by Gasteiger charge is -2.32. The molecule has 0 bridgehead atoms. The van der Waals surface area contributed by atoms with Crippen LogP contribution in [0.1, 0.15) is 33.1 Å². The molecule has 4 heteroatoms. The average molecular weight is 291 g/mol. The highest BCUT2D eigenvalue weighted by molar-refractivity contribution is 9.09. The van der Waals surface area contributed by atoms with Crippen LogP contribution in [0.5, 0.6) is 0 Å². The van der Waals surface area contributed by atoms with Gasteiger partial charge in [-0.1, -0.05) is 34.1 Å².